The normalized spacial score (nSPS) is 22.6. The molecule has 0 radical (unpaired) electrons. The molecule has 0 spiro atoms. The van der Waals surface area contributed by atoms with Gasteiger partial charge in [-0.05, 0) is 5.92 Å². The van der Waals surface area contributed by atoms with Gasteiger partial charge in [0.15, 0.2) is 0 Å². The minimum atomic E-state index is -3.65. The van der Waals surface area contributed by atoms with E-state index in [0.29, 0.717) is 0 Å². The van der Waals surface area contributed by atoms with Crippen LogP contribution in [0.1, 0.15) is 20.3 Å². The third kappa shape index (κ3) is 3.67. The van der Waals surface area contributed by atoms with Crippen LogP contribution >= 0.6 is 0 Å². The minimum absolute atomic E-state index is 0.0347. The highest BCUT2D eigenvalue weighted by Crippen LogP contribution is 2.24. The topological polar surface area (TPSA) is 118 Å². The molecule has 0 saturated carbocycles. The van der Waals surface area contributed by atoms with Crippen LogP contribution in [0.5, 0.6) is 0 Å². The maximum Gasteiger partial charge on any atom is 0.326 e. The molecule has 104 valence electrons. The molecule has 7 nitrogen and oxygen atoms in total. The lowest BCUT2D eigenvalue weighted by Crippen LogP contribution is -2.45. The van der Waals surface area contributed by atoms with Gasteiger partial charge in [-0.3, -0.25) is 4.79 Å². The van der Waals surface area contributed by atoms with Gasteiger partial charge in [0.25, 0.3) is 0 Å². The lowest BCUT2D eigenvalue weighted by atomic mass is 10.0. The van der Waals surface area contributed by atoms with Crippen molar-refractivity contribution in [3.05, 3.63) is 0 Å². The van der Waals surface area contributed by atoms with Crippen LogP contribution in [0.4, 0.5) is 0 Å². The van der Waals surface area contributed by atoms with E-state index < -0.39 is 28.0 Å². The minimum Gasteiger partial charge on any atom is -0.480 e. The van der Waals surface area contributed by atoms with E-state index in [1.54, 1.807) is 13.8 Å². The number of sulfonamides is 1. The number of primary sulfonamides is 1. The van der Waals surface area contributed by atoms with Gasteiger partial charge in [-0.2, -0.15) is 0 Å². The molecule has 0 bridgehead atoms. The van der Waals surface area contributed by atoms with Crippen molar-refractivity contribution in [3.8, 4) is 0 Å². The van der Waals surface area contributed by atoms with Crippen LogP contribution < -0.4 is 5.14 Å². The Morgan fingerprint density at radius 2 is 2.11 bits per heavy atom. The largest absolute Gasteiger partial charge is 0.480 e. The SMILES string of the molecule is CC(C)C(C(=O)O)N1CC(CS(N)(=O)=O)CC1=O. The molecule has 0 aromatic carbocycles. The number of amides is 1. The molecule has 0 aromatic rings. The predicted octanol–water partition coefficient (Wildman–Crippen LogP) is -0.767. The number of hydrogen-bond acceptors (Lipinski definition) is 4. The summed E-state index contributed by atoms with van der Waals surface area (Å²) in [5.74, 6) is -2.35. The number of carbonyl (C=O) groups excluding carboxylic acids is 1. The van der Waals surface area contributed by atoms with Crippen LogP contribution in [0.25, 0.3) is 0 Å². The number of carboxylic acids is 1. The molecule has 1 heterocycles. The summed E-state index contributed by atoms with van der Waals surface area (Å²) < 4.78 is 21.9. The van der Waals surface area contributed by atoms with Gasteiger partial charge in [0.2, 0.25) is 15.9 Å². The summed E-state index contributed by atoms with van der Waals surface area (Å²) in [5.41, 5.74) is 0. The van der Waals surface area contributed by atoms with Gasteiger partial charge in [-0.25, -0.2) is 18.4 Å². The molecule has 2 atom stereocenters. The van der Waals surface area contributed by atoms with Gasteiger partial charge >= 0.3 is 5.97 Å². The Kier molecular flexibility index (Phi) is 4.33. The highest BCUT2D eigenvalue weighted by molar-refractivity contribution is 7.89. The third-order valence-corrected chi connectivity index (χ3v) is 3.86. The molecular weight excluding hydrogens is 260 g/mol. The quantitative estimate of drug-likeness (QED) is 0.685. The molecular formula is C10H18N2O5S. The second-order valence-electron chi connectivity index (χ2n) is 4.97. The Balaban J connectivity index is 2.81. The van der Waals surface area contributed by atoms with Crippen molar-refractivity contribution in [1.29, 1.82) is 0 Å². The monoisotopic (exact) mass is 278 g/mol. The summed E-state index contributed by atoms with van der Waals surface area (Å²) >= 11 is 0. The fraction of sp³-hybridized carbons (Fsp3) is 0.800. The summed E-state index contributed by atoms with van der Waals surface area (Å²) in [4.78, 5) is 24.1. The smallest absolute Gasteiger partial charge is 0.326 e. The zero-order valence-corrected chi connectivity index (χ0v) is 11.2. The first-order valence-corrected chi connectivity index (χ1v) is 7.36. The Hall–Kier alpha value is -1.15. The van der Waals surface area contributed by atoms with E-state index in [2.05, 4.69) is 0 Å². The summed E-state index contributed by atoms with van der Waals surface area (Å²) in [6.07, 6.45) is 0.0347. The van der Waals surface area contributed by atoms with E-state index in [0.717, 1.165) is 0 Å². The maximum atomic E-state index is 11.7. The van der Waals surface area contributed by atoms with Crippen LogP contribution in [0, 0.1) is 11.8 Å². The molecule has 1 amide bonds. The van der Waals surface area contributed by atoms with Gasteiger partial charge in [0, 0.05) is 18.9 Å². The zero-order valence-electron chi connectivity index (χ0n) is 10.4. The maximum absolute atomic E-state index is 11.7. The van der Waals surface area contributed by atoms with Crippen molar-refractivity contribution in [2.75, 3.05) is 12.3 Å². The first-order valence-electron chi connectivity index (χ1n) is 5.64. The van der Waals surface area contributed by atoms with Crippen molar-refractivity contribution < 1.29 is 23.1 Å². The summed E-state index contributed by atoms with van der Waals surface area (Å²) in [5, 5.41) is 14.0. The number of rotatable bonds is 5. The van der Waals surface area contributed by atoms with E-state index in [4.69, 9.17) is 10.2 Å². The lowest BCUT2D eigenvalue weighted by molar-refractivity contribution is -0.150. The number of carbonyl (C=O) groups is 2. The van der Waals surface area contributed by atoms with Crippen LogP contribution in [-0.4, -0.2) is 48.6 Å². The van der Waals surface area contributed by atoms with Crippen LogP contribution in [0.3, 0.4) is 0 Å². The summed E-state index contributed by atoms with van der Waals surface area (Å²) in [7, 11) is -3.65. The molecule has 2 unspecified atom stereocenters. The average Bonchev–Trinajstić information content (AvgIpc) is 2.42. The summed E-state index contributed by atoms with van der Waals surface area (Å²) in [6, 6.07) is -0.914. The standard InChI is InChI=1S/C10H18N2O5S/c1-6(2)9(10(14)15)12-4-7(3-8(12)13)5-18(11,16)17/h6-7,9H,3-5H2,1-2H3,(H,14,15)(H2,11,16,17). The molecule has 0 aromatic heterocycles. The molecule has 0 aliphatic carbocycles. The molecule has 1 aliphatic rings. The van der Waals surface area contributed by atoms with E-state index in [9.17, 15) is 18.0 Å². The Bertz CT molecular complexity index is 445. The van der Waals surface area contributed by atoms with Gasteiger partial charge in [0.05, 0.1) is 5.75 Å². The van der Waals surface area contributed by atoms with Crippen molar-refractivity contribution in [2.24, 2.45) is 17.0 Å². The van der Waals surface area contributed by atoms with Crippen molar-refractivity contribution in [3.63, 3.8) is 0 Å². The van der Waals surface area contributed by atoms with Gasteiger partial charge in [0.1, 0.15) is 6.04 Å². The number of carboxylic acid groups (broad SMARTS) is 1. The van der Waals surface area contributed by atoms with E-state index in [-0.39, 0.29) is 30.5 Å². The lowest BCUT2D eigenvalue weighted by Gasteiger charge is -2.27. The van der Waals surface area contributed by atoms with Crippen LogP contribution in [0.15, 0.2) is 0 Å². The highest BCUT2D eigenvalue weighted by Gasteiger charge is 2.40. The second-order valence-corrected chi connectivity index (χ2v) is 6.63. The first kappa shape index (κ1) is 14.9. The Morgan fingerprint density at radius 3 is 2.50 bits per heavy atom. The fourth-order valence-electron chi connectivity index (χ4n) is 2.30. The zero-order chi connectivity index (χ0) is 14.1. The number of likely N-dealkylation sites (tertiary alicyclic amines) is 1. The molecule has 1 fully saturated rings. The molecule has 1 rings (SSSR count). The number of hydrogen-bond donors (Lipinski definition) is 2. The number of nitrogens with two attached hydrogens (primary N) is 1. The van der Waals surface area contributed by atoms with E-state index in [1.807, 2.05) is 0 Å². The average molecular weight is 278 g/mol. The van der Waals surface area contributed by atoms with Gasteiger partial charge in [-0.15, -0.1) is 0 Å². The molecule has 1 aliphatic heterocycles. The highest BCUT2D eigenvalue weighted by atomic mass is 32.2. The molecule has 8 heteroatoms. The van der Waals surface area contributed by atoms with Crippen molar-refractivity contribution in [2.45, 2.75) is 26.3 Å². The van der Waals surface area contributed by atoms with Crippen molar-refractivity contribution >= 4 is 21.9 Å². The van der Waals surface area contributed by atoms with Gasteiger partial charge < -0.3 is 10.0 Å². The van der Waals surface area contributed by atoms with Crippen LogP contribution in [0.2, 0.25) is 0 Å². The molecule has 3 N–H and O–H groups in total. The molecule has 18 heavy (non-hydrogen) atoms. The Morgan fingerprint density at radius 1 is 1.56 bits per heavy atom. The fourth-order valence-corrected chi connectivity index (χ4v) is 3.18. The van der Waals surface area contributed by atoms with Gasteiger partial charge in [-0.1, -0.05) is 13.8 Å². The van der Waals surface area contributed by atoms with Crippen molar-refractivity contribution in [1.82, 2.24) is 4.90 Å². The predicted molar refractivity (Wildman–Crippen MR) is 64.1 cm³/mol. The van der Waals surface area contributed by atoms with E-state index in [1.165, 1.54) is 4.90 Å². The molecule has 1 saturated heterocycles. The number of aliphatic carboxylic acids is 1. The van der Waals surface area contributed by atoms with E-state index >= 15 is 0 Å². The van der Waals surface area contributed by atoms with Crippen LogP contribution in [-0.2, 0) is 19.6 Å². The Labute approximate surface area is 106 Å². The number of nitrogens with zero attached hydrogens (tertiary/aromatic N) is 1. The second kappa shape index (κ2) is 5.23. The summed E-state index contributed by atoms with van der Waals surface area (Å²) in [6.45, 7) is 3.54. The first-order chi connectivity index (χ1) is 8.11. The third-order valence-electron chi connectivity index (χ3n) is 2.93.